The number of carbonyl (C=O) groups is 2. The molecule has 2 N–H and O–H groups in total. The molecule has 0 saturated heterocycles. The number of aromatic nitrogens is 1. The summed E-state index contributed by atoms with van der Waals surface area (Å²) in [4.78, 5) is 26.6. The van der Waals surface area contributed by atoms with E-state index in [1.807, 2.05) is 0 Å². The van der Waals surface area contributed by atoms with Crippen LogP contribution in [-0.4, -0.2) is 48.5 Å². The third-order valence-electron chi connectivity index (χ3n) is 3.36. The number of hydrogen-bond acceptors (Lipinski definition) is 6. The lowest BCUT2D eigenvalue weighted by atomic mass is 9.96. The van der Waals surface area contributed by atoms with E-state index in [1.54, 1.807) is 12.1 Å². The van der Waals surface area contributed by atoms with E-state index < -0.39 is 23.2 Å². The van der Waals surface area contributed by atoms with Crippen molar-refractivity contribution in [2.75, 3.05) is 21.3 Å². The Balaban J connectivity index is 2.93. The smallest absolute Gasteiger partial charge is 0.355 e. The van der Waals surface area contributed by atoms with Crippen LogP contribution in [-0.2, 0) is 0 Å². The Morgan fingerprint density at radius 1 is 0.917 bits per heavy atom. The highest BCUT2D eigenvalue weighted by Gasteiger charge is 2.27. The molecule has 8 heteroatoms. The Morgan fingerprint density at radius 3 is 2.04 bits per heavy atom. The van der Waals surface area contributed by atoms with E-state index in [2.05, 4.69) is 4.98 Å². The standard InChI is InChI=1S/C16H15NO7/c1-22-9-4-5-10(23-2)14(24-3)11(9)8-6-7-17-13(16(20)21)12(8)15(18)19/h4-7H,1-3H3,(H,18,19)(H,20,21). The van der Waals surface area contributed by atoms with Gasteiger partial charge in [0, 0.05) is 11.8 Å². The van der Waals surface area contributed by atoms with Crippen molar-refractivity contribution in [3.05, 3.63) is 35.7 Å². The summed E-state index contributed by atoms with van der Waals surface area (Å²) < 4.78 is 15.8. The number of methoxy groups -OCH3 is 3. The molecule has 0 spiro atoms. The molecule has 1 heterocycles. The van der Waals surface area contributed by atoms with Crippen molar-refractivity contribution in [3.8, 4) is 28.4 Å². The number of hydrogen-bond donors (Lipinski definition) is 2. The largest absolute Gasteiger partial charge is 0.496 e. The Labute approximate surface area is 137 Å². The SMILES string of the molecule is COc1ccc(OC)c(-c2ccnc(C(=O)O)c2C(=O)O)c1OC. The van der Waals surface area contributed by atoms with E-state index in [0.29, 0.717) is 11.5 Å². The van der Waals surface area contributed by atoms with Crippen LogP contribution >= 0.6 is 0 Å². The lowest BCUT2D eigenvalue weighted by Gasteiger charge is -2.18. The summed E-state index contributed by atoms with van der Waals surface area (Å²) in [5.74, 6) is -2.00. The van der Waals surface area contributed by atoms with Crippen LogP contribution in [0.25, 0.3) is 11.1 Å². The number of ether oxygens (including phenoxy) is 3. The summed E-state index contributed by atoms with van der Waals surface area (Å²) in [6, 6.07) is 4.56. The number of rotatable bonds is 6. The zero-order chi connectivity index (χ0) is 17.9. The molecule has 126 valence electrons. The molecule has 0 unspecified atom stereocenters. The molecule has 0 fully saturated rings. The van der Waals surface area contributed by atoms with Crippen LogP contribution in [0.2, 0.25) is 0 Å². The predicted molar refractivity (Wildman–Crippen MR) is 83.2 cm³/mol. The second-order valence-corrected chi connectivity index (χ2v) is 4.57. The maximum atomic E-state index is 11.7. The van der Waals surface area contributed by atoms with E-state index in [0.717, 1.165) is 0 Å². The number of benzene rings is 1. The quantitative estimate of drug-likeness (QED) is 0.826. The Morgan fingerprint density at radius 2 is 1.54 bits per heavy atom. The first kappa shape index (κ1) is 17.1. The van der Waals surface area contributed by atoms with Gasteiger partial charge in [-0.1, -0.05) is 0 Å². The molecule has 0 atom stereocenters. The van der Waals surface area contributed by atoms with Gasteiger partial charge in [-0.15, -0.1) is 0 Å². The zero-order valence-electron chi connectivity index (χ0n) is 13.2. The van der Waals surface area contributed by atoms with Gasteiger partial charge in [-0.2, -0.15) is 0 Å². The molecule has 0 saturated carbocycles. The van der Waals surface area contributed by atoms with Gasteiger partial charge in [0.15, 0.2) is 17.2 Å². The minimum Gasteiger partial charge on any atom is -0.496 e. The first-order chi connectivity index (χ1) is 11.5. The number of aromatic carboxylic acids is 2. The van der Waals surface area contributed by atoms with Crippen molar-refractivity contribution in [1.29, 1.82) is 0 Å². The summed E-state index contributed by atoms with van der Waals surface area (Å²) in [7, 11) is 4.23. The molecule has 8 nitrogen and oxygen atoms in total. The monoisotopic (exact) mass is 333 g/mol. The molecule has 0 aliphatic heterocycles. The molecular formula is C16H15NO7. The average Bonchev–Trinajstić information content (AvgIpc) is 2.59. The highest BCUT2D eigenvalue weighted by molar-refractivity contribution is 6.06. The fourth-order valence-corrected chi connectivity index (χ4v) is 2.38. The van der Waals surface area contributed by atoms with Gasteiger partial charge in [0.1, 0.15) is 11.3 Å². The molecule has 0 bridgehead atoms. The van der Waals surface area contributed by atoms with Crippen molar-refractivity contribution >= 4 is 11.9 Å². The number of carboxylic acids is 2. The maximum Gasteiger partial charge on any atom is 0.355 e. The van der Waals surface area contributed by atoms with Crippen molar-refractivity contribution in [1.82, 2.24) is 4.98 Å². The lowest BCUT2D eigenvalue weighted by Crippen LogP contribution is -2.12. The molecule has 0 aliphatic carbocycles. The van der Waals surface area contributed by atoms with Gasteiger partial charge >= 0.3 is 11.9 Å². The second kappa shape index (κ2) is 6.86. The van der Waals surface area contributed by atoms with Crippen molar-refractivity contribution in [2.45, 2.75) is 0 Å². The molecular weight excluding hydrogens is 318 g/mol. The first-order valence-corrected chi connectivity index (χ1v) is 6.71. The van der Waals surface area contributed by atoms with Gasteiger partial charge in [0.25, 0.3) is 0 Å². The predicted octanol–water partition coefficient (Wildman–Crippen LogP) is 2.17. The molecule has 2 aromatic rings. The summed E-state index contributed by atoms with van der Waals surface area (Å²) >= 11 is 0. The lowest BCUT2D eigenvalue weighted by molar-refractivity contribution is 0.0647. The summed E-state index contributed by atoms with van der Waals surface area (Å²) in [6.45, 7) is 0. The third kappa shape index (κ3) is 2.81. The molecule has 0 amide bonds. The van der Waals surface area contributed by atoms with Gasteiger partial charge in [-0.25, -0.2) is 14.6 Å². The van der Waals surface area contributed by atoms with Gasteiger partial charge in [-0.05, 0) is 18.2 Å². The van der Waals surface area contributed by atoms with E-state index in [9.17, 15) is 19.8 Å². The third-order valence-corrected chi connectivity index (χ3v) is 3.36. The van der Waals surface area contributed by atoms with Crippen LogP contribution in [0.3, 0.4) is 0 Å². The van der Waals surface area contributed by atoms with Gasteiger partial charge in [0.05, 0.1) is 26.9 Å². The van der Waals surface area contributed by atoms with E-state index >= 15 is 0 Å². The summed E-state index contributed by atoms with van der Waals surface area (Å²) in [6.07, 6.45) is 1.21. The fourth-order valence-electron chi connectivity index (χ4n) is 2.38. The Hall–Kier alpha value is -3.29. The van der Waals surface area contributed by atoms with E-state index in [-0.39, 0.29) is 16.9 Å². The normalized spacial score (nSPS) is 10.1. The summed E-state index contributed by atoms with van der Waals surface area (Å²) in [5, 5.41) is 18.7. The van der Waals surface area contributed by atoms with Gasteiger partial charge in [0.2, 0.25) is 0 Å². The number of nitrogens with zero attached hydrogens (tertiary/aromatic N) is 1. The molecule has 1 aromatic heterocycles. The minimum atomic E-state index is -1.45. The maximum absolute atomic E-state index is 11.7. The minimum absolute atomic E-state index is 0.0995. The first-order valence-electron chi connectivity index (χ1n) is 6.71. The van der Waals surface area contributed by atoms with Gasteiger partial charge < -0.3 is 24.4 Å². The Kier molecular flexibility index (Phi) is 4.88. The molecule has 0 aliphatic rings. The molecule has 0 radical (unpaired) electrons. The molecule has 24 heavy (non-hydrogen) atoms. The second-order valence-electron chi connectivity index (χ2n) is 4.57. The summed E-state index contributed by atoms with van der Waals surface area (Å²) in [5.41, 5.74) is -0.675. The van der Waals surface area contributed by atoms with Crippen LogP contribution < -0.4 is 14.2 Å². The molecule has 1 aromatic carbocycles. The van der Waals surface area contributed by atoms with E-state index in [1.165, 1.54) is 33.6 Å². The van der Waals surface area contributed by atoms with Crippen LogP contribution in [0, 0.1) is 0 Å². The van der Waals surface area contributed by atoms with Crippen LogP contribution in [0.1, 0.15) is 20.8 Å². The van der Waals surface area contributed by atoms with Crippen LogP contribution in [0.4, 0.5) is 0 Å². The van der Waals surface area contributed by atoms with Crippen LogP contribution in [0.5, 0.6) is 17.2 Å². The number of carboxylic acid groups (broad SMARTS) is 2. The van der Waals surface area contributed by atoms with Gasteiger partial charge in [-0.3, -0.25) is 0 Å². The van der Waals surface area contributed by atoms with Crippen LogP contribution in [0.15, 0.2) is 24.4 Å². The van der Waals surface area contributed by atoms with Crippen molar-refractivity contribution in [3.63, 3.8) is 0 Å². The highest BCUT2D eigenvalue weighted by Crippen LogP contribution is 2.45. The average molecular weight is 333 g/mol. The van der Waals surface area contributed by atoms with Crippen molar-refractivity contribution < 1.29 is 34.0 Å². The van der Waals surface area contributed by atoms with Crippen molar-refractivity contribution in [2.24, 2.45) is 0 Å². The topological polar surface area (TPSA) is 115 Å². The van der Waals surface area contributed by atoms with E-state index in [4.69, 9.17) is 14.2 Å². The fraction of sp³-hybridized carbons (Fsp3) is 0.188. The number of pyridine rings is 1. The molecule has 2 rings (SSSR count). The highest BCUT2D eigenvalue weighted by atomic mass is 16.5. The zero-order valence-corrected chi connectivity index (χ0v) is 13.2. The Bertz CT molecular complexity index is 801.